The quantitative estimate of drug-likeness (QED) is 0.343. The molecular weight excluding hydrogens is 414 g/mol. The first-order chi connectivity index (χ1) is 15.2. The van der Waals surface area contributed by atoms with E-state index in [2.05, 4.69) is 41.9 Å². The number of nitrogens with zero attached hydrogens (tertiary/aromatic N) is 4. The van der Waals surface area contributed by atoms with Crippen molar-refractivity contribution in [2.45, 2.75) is 20.5 Å². The number of carbonyl (C=O) groups is 1. The maximum atomic E-state index is 11.7. The summed E-state index contributed by atoms with van der Waals surface area (Å²) >= 11 is 1.13. The first kappa shape index (κ1) is 21.7. The number of aromatic nitrogens is 3. The normalized spacial score (nSPS) is 9.61. The topological polar surface area (TPSA) is 98.6 Å². The zero-order chi connectivity index (χ0) is 21.9. The van der Waals surface area contributed by atoms with E-state index in [0.29, 0.717) is 22.8 Å². The summed E-state index contributed by atoms with van der Waals surface area (Å²) in [6, 6.07) is 14.8. The molecule has 0 fully saturated rings. The molecule has 0 saturated carbocycles. The second-order valence-corrected chi connectivity index (χ2v) is 6.59. The van der Waals surface area contributed by atoms with Crippen LogP contribution in [0.15, 0.2) is 53.7 Å². The highest BCUT2D eigenvalue weighted by Gasteiger charge is 2.12. The molecule has 2 aromatic heterocycles. The summed E-state index contributed by atoms with van der Waals surface area (Å²) < 4.78 is 13.5. The van der Waals surface area contributed by atoms with Crippen LogP contribution in [-0.2, 0) is 16.2 Å². The smallest absolute Gasteiger partial charge is 0.413 e. The van der Waals surface area contributed by atoms with Gasteiger partial charge in [0.15, 0.2) is 13.2 Å². The van der Waals surface area contributed by atoms with E-state index in [1.165, 1.54) is 0 Å². The average Bonchev–Trinajstić information content (AvgIpc) is 3.20. The van der Waals surface area contributed by atoms with E-state index >= 15 is 0 Å². The molecular formula is C22H19N5O3S. The molecule has 1 aromatic carbocycles. The highest BCUT2D eigenvalue weighted by atomic mass is 32.1. The minimum atomic E-state index is -0.631. The molecule has 0 spiro atoms. The van der Waals surface area contributed by atoms with Gasteiger partial charge in [0.1, 0.15) is 11.5 Å². The van der Waals surface area contributed by atoms with Gasteiger partial charge in [-0.15, -0.1) is 5.92 Å². The van der Waals surface area contributed by atoms with Crippen LogP contribution in [0.25, 0.3) is 5.57 Å². The first-order valence-electron chi connectivity index (χ1n) is 9.26. The second kappa shape index (κ2) is 11.3. The molecule has 0 aliphatic rings. The van der Waals surface area contributed by atoms with Gasteiger partial charge < -0.3 is 9.57 Å². The van der Waals surface area contributed by atoms with Crippen molar-refractivity contribution in [1.82, 2.24) is 13.7 Å². The summed E-state index contributed by atoms with van der Waals surface area (Å²) in [4.78, 5) is 21.4. The summed E-state index contributed by atoms with van der Waals surface area (Å²) in [6.07, 6.45) is -0.631. The van der Waals surface area contributed by atoms with Gasteiger partial charge in [0, 0.05) is 5.87 Å². The summed E-state index contributed by atoms with van der Waals surface area (Å²) in [5.74, 6) is 8.54. The van der Waals surface area contributed by atoms with Crippen LogP contribution in [0.3, 0.4) is 0 Å². The second-order valence-electron chi connectivity index (χ2n) is 6.06. The van der Waals surface area contributed by atoms with E-state index in [-0.39, 0.29) is 13.2 Å². The number of rotatable bonds is 7. The minimum Gasteiger partial charge on any atom is -0.436 e. The lowest BCUT2D eigenvalue weighted by Gasteiger charge is -2.05. The Hall–Kier alpha value is -3.99. The largest absolute Gasteiger partial charge is 0.436 e. The van der Waals surface area contributed by atoms with Gasteiger partial charge in [-0.05, 0) is 36.7 Å². The molecule has 0 atom stereocenters. The van der Waals surface area contributed by atoms with Gasteiger partial charge in [0.25, 0.3) is 0 Å². The van der Waals surface area contributed by atoms with Crippen LogP contribution in [0.2, 0.25) is 0 Å². The zero-order valence-corrected chi connectivity index (χ0v) is 17.8. The van der Waals surface area contributed by atoms with Crippen molar-refractivity contribution < 1.29 is 14.4 Å². The predicted octanol–water partition coefficient (Wildman–Crippen LogP) is 4.05. The lowest BCUT2D eigenvalue weighted by molar-refractivity contribution is 0.130. The van der Waals surface area contributed by atoms with Crippen molar-refractivity contribution in [3.63, 3.8) is 0 Å². The molecule has 156 valence electrons. The lowest BCUT2D eigenvalue weighted by atomic mass is 10.0. The van der Waals surface area contributed by atoms with Crippen LogP contribution >= 0.6 is 11.7 Å². The first-order valence-corrected chi connectivity index (χ1v) is 9.99. The molecule has 0 aliphatic heterocycles. The molecule has 0 saturated heterocycles. The Morgan fingerprint density at radius 1 is 1.16 bits per heavy atom. The number of anilines is 1. The average molecular weight is 433 g/mol. The number of hydrogen-bond acceptors (Lipinski definition) is 8. The maximum Gasteiger partial charge on any atom is 0.413 e. The summed E-state index contributed by atoms with van der Waals surface area (Å²) in [7, 11) is 0. The number of aryl methyl sites for hydroxylation is 1. The number of amides is 1. The fourth-order valence-corrected chi connectivity index (χ4v) is 2.99. The number of pyridine rings is 1. The van der Waals surface area contributed by atoms with Crippen LogP contribution < -0.4 is 5.32 Å². The monoisotopic (exact) mass is 433 g/mol. The molecule has 9 heteroatoms. The molecule has 1 N–H and O–H groups in total. The van der Waals surface area contributed by atoms with Gasteiger partial charge in [-0.25, -0.2) is 9.78 Å². The Morgan fingerprint density at radius 2 is 2.00 bits per heavy atom. The molecule has 3 aromatic rings. The zero-order valence-electron chi connectivity index (χ0n) is 17.0. The van der Waals surface area contributed by atoms with Crippen molar-refractivity contribution >= 4 is 35.1 Å². The molecule has 0 aliphatic carbocycles. The molecule has 31 heavy (non-hydrogen) atoms. The molecule has 0 bridgehead atoms. The predicted molar refractivity (Wildman–Crippen MR) is 118 cm³/mol. The van der Waals surface area contributed by atoms with Crippen LogP contribution in [0, 0.1) is 18.8 Å². The van der Waals surface area contributed by atoms with Crippen molar-refractivity contribution in [2.24, 2.45) is 5.16 Å². The lowest BCUT2D eigenvalue weighted by Crippen LogP contribution is -2.15. The molecule has 0 radical (unpaired) electrons. The van der Waals surface area contributed by atoms with Crippen LogP contribution in [0.4, 0.5) is 10.6 Å². The highest BCUT2D eigenvalue weighted by molar-refractivity contribution is 6.99. The van der Waals surface area contributed by atoms with E-state index in [9.17, 15) is 4.79 Å². The van der Waals surface area contributed by atoms with E-state index in [1.807, 2.05) is 37.3 Å². The van der Waals surface area contributed by atoms with Gasteiger partial charge in [-0.2, -0.15) is 8.75 Å². The van der Waals surface area contributed by atoms with Crippen molar-refractivity contribution in [2.75, 3.05) is 11.9 Å². The minimum absolute atomic E-state index is 0.0178. The third-order valence-electron chi connectivity index (χ3n) is 3.88. The fraction of sp³-hybridized carbons (Fsp3) is 0.182. The van der Waals surface area contributed by atoms with Crippen LogP contribution in [0.1, 0.15) is 29.6 Å². The molecule has 0 unspecified atom stereocenters. The molecule has 8 nitrogen and oxygen atoms in total. The highest BCUT2D eigenvalue weighted by Crippen LogP contribution is 2.22. The third-order valence-corrected chi connectivity index (χ3v) is 4.50. The van der Waals surface area contributed by atoms with Gasteiger partial charge in [-0.3, -0.25) is 5.32 Å². The Labute approximate surface area is 184 Å². The van der Waals surface area contributed by atoms with Crippen LogP contribution in [0.5, 0.6) is 0 Å². The number of ether oxygens (including phenoxy) is 1. The van der Waals surface area contributed by atoms with Gasteiger partial charge in [0.05, 0.1) is 28.7 Å². The van der Waals surface area contributed by atoms with E-state index < -0.39 is 6.09 Å². The van der Waals surface area contributed by atoms with E-state index in [0.717, 1.165) is 23.0 Å². The Balaban J connectivity index is 1.68. The van der Waals surface area contributed by atoms with E-state index in [1.54, 1.807) is 25.1 Å². The molecule has 3 rings (SSSR count). The SMILES string of the molecule is CC#CCOC(=O)Nc1cccc(CON=C=C(c2ccccc2)c2nsnc2C)n1. The maximum absolute atomic E-state index is 11.7. The summed E-state index contributed by atoms with van der Waals surface area (Å²) in [5.41, 5.74) is 3.67. The molecule has 2 heterocycles. The number of benzene rings is 1. The van der Waals surface area contributed by atoms with Gasteiger partial charge >= 0.3 is 6.09 Å². The van der Waals surface area contributed by atoms with Crippen molar-refractivity contribution in [3.8, 4) is 11.8 Å². The Morgan fingerprint density at radius 3 is 2.74 bits per heavy atom. The van der Waals surface area contributed by atoms with Gasteiger partial charge in [-0.1, -0.05) is 42.3 Å². The number of hydrogen-bond donors (Lipinski definition) is 1. The Kier molecular flexibility index (Phi) is 7.89. The molecule has 1 amide bonds. The number of nitrogens with one attached hydrogen (secondary N) is 1. The Bertz CT molecular complexity index is 1160. The van der Waals surface area contributed by atoms with Crippen LogP contribution in [-0.4, -0.2) is 32.3 Å². The fourth-order valence-electron chi connectivity index (χ4n) is 2.44. The van der Waals surface area contributed by atoms with E-state index in [4.69, 9.17) is 9.57 Å². The van der Waals surface area contributed by atoms with Gasteiger partial charge in [0.2, 0.25) is 0 Å². The van der Waals surface area contributed by atoms with Crippen molar-refractivity contribution in [1.29, 1.82) is 0 Å². The van der Waals surface area contributed by atoms with Crippen molar-refractivity contribution in [3.05, 3.63) is 71.2 Å². The summed E-state index contributed by atoms with van der Waals surface area (Å²) in [5, 5.41) is 6.50. The number of carbonyl (C=O) groups excluding carboxylic acids is 1. The standard InChI is InChI=1S/C22H19N5O3S/c1-3-4-13-29-22(28)25-20-12-8-11-18(24-20)15-30-23-14-19(17-9-6-5-7-10-17)21-16(2)26-31-27-21/h5-12H,13,15H2,1-2H3,(H,24,25,28). The summed E-state index contributed by atoms with van der Waals surface area (Å²) in [6.45, 7) is 3.66. The third kappa shape index (κ3) is 6.51.